The van der Waals surface area contributed by atoms with Gasteiger partial charge in [0.15, 0.2) is 5.78 Å². The van der Waals surface area contributed by atoms with Gasteiger partial charge in [-0.15, -0.1) is 0 Å². The van der Waals surface area contributed by atoms with Crippen molar-refractivity contribution >= 4 is 17.7 Å². The Labute approximate surface area is 229 Å². The van der Waals surface area contributed by atoms with Gasteiger partial charge in [-0.2, -0.15) is 0 Å². The number of Topliss-reactive ketones (excluding diaryl/α,β-unsaturated/α-hetero) is 1. The number of benzene rings is 3. The van der Waals surface area contributed by atoms with Crippen LogP contribution in [0, 0.1) is 11.8 Å². The van der Waals surface area contributed by atoms with E-state index in [1.165, 1.54) is 4.90 Å². The number of amides is 1. The highest BCUT2D eigenvalue weighted by atomic mass is 16.5. The van der Waals surface area contributed by atoms with Crippen LogP contribution < -0.4 is 9.47 Å². The van der Waals surface area contributed by atoms with Crippen LogP contribution in [0.3, 0.4) is 0 Å². The first-order chi connectivity index (χ1) is 18.6. The number of carbonyl (C=O) groups is 3. The zero-order chi connectivity index (χ0) is 28.3. The van der Waals surface area contributed by atoms with E-state index in [2.05, 4.69) is 0 Å². The van der Waals surface area contributed by atoms with Crippen LogP contribution in [0.1, 0.15) is 60.6 Å². The second-order valence-electron chi connectivity index (χ2n) is 10.5. The third kappa shape index (κ3) is 5.13. The number of ether oxygens (including phenoxy) is 2. The molecule has 1 amide bonds. The largest absolute Gasteiger partial charge is 0.497 e. The van der Waals surface area contributed by atoms with Crippen molar-refractivity contribution < 1.29 is 29.0 Å². The average molecular weight is 530 g/mol. The molecule has 7 nitrogen and oxygen atoms in total. The van der Waals surface area contributed by atoms with E-state index in [1.54, 1.807) is 57.5 Å². The first kappa shape index (κ1) is 27.9. The van der Waals surface area contributed by atoms with Gasteiger partial charge in [0, 0.05) is 17.9 Å². The smallest absolute Gasteiger partial charge is 0.330 e. The molecule has 1 saturated heterocycles. The number of carboxylic acid groups (broad SMARTS) is 1. The van der Waals surface area contributed by atoms with Crippen LogP contribution in [0.5, 0.6) is 11.5 Å². The van der Waals surface area contributed by atoms with Crippen molar-refractivity contribution in [2.75, 3.05) is 14.2 Å². The minimum absolute atomic E-state index is 0.00132. The molecule has 0 bridgehead atoms. The van der Waals surface area contributed by atoms with E-state index < -0.39 is 29.4 Å². The second kappa shape index (κ2) is 11.3. The van der Waals surface area contributed by atoms with Crippen molar-refractivity contribution in [2.45, 2.75) is 44.7 Å². The quantitative estimate of drug-likeness (QED) is 0.354. The van der Waals surface area contributed by atoms with E-state index >= 15 is 0 Å². The van der Waals surface area contributed by atoms with Crippen LogP contribution in [-0.4, -0.2) is 47.4 Å². The highest BCUT2D eigenvalue weighted by Gasteiger charge is 2.64. The van der Waals surface area contributed by atoms with Crippen molar-refractivity contribution in [3.63, 3.8) is 0 Å². The number of carboxylic acids is 1. The van der Waals surface area contributed by atoms with E-state index in [0.717, 1.165) is 0 Å². The molecule has 204 valence electrons. The highest BCUT2D eigenvalue weighted by molar-refractivity contribution is 6.02. The van der Waals surface area contributed by atoms with Crippen molar-refractivity contribution in [3.05, 3.63) is 95.6 Å². The topological polar surface area (TPSA) is 93.1 Å². The first-order valence-corrected chi connectivity index (χ1v) is 13.1. The average Bonchev–Trinajstić information content (AvgIpc) is 3.23. The van der Waals surface area contributed by atoms with Gasteiger partial charge in [0.2, 0.25) is 5.91 Å². The lowest BCUT2D eigenvalue weighted by atomic mass is 9.71. The first-order valence-electron chi connectivity index (χ1n) is 13.1. The summed E-state index contributed by atoms with van der Waals surface area (Å²) in [5.41, 5.74) is 0.0921. The Morgan fingerprint density at radius 3 is 1.87 bits per heavy atom. The summed E-state index contributed by atoms with van der Waals surface area (Å²) in [6.45, 7) is 5.41. The fourth-order valence-corrected chi connectivity index (χ4v) is 5.82. The number of methoxy groups -OCH3 is 2. The predicted molar refractivity (Wildman–Crippen MR) is 148 cm³/mol. The number of hydrogen-bond acceptors (Lipinski definition) is 5. The second-order valence-corrected chi connectivity index (χ2v) is 10.5. The molecule has 4 atom stereocenters. The summed E-state index contributed by atoms with van der Waals surface area (Å²) in [7, 11) is 3.11. The molecule has 4 unspecified atom stereocenters. The Balaban J connectivity index is 2.01. The molecule has 1 heterocycles. The van der Waals surface area contributed by atoms with Gasteiger partial charge in [0.05, 0.1) is 26.2 Å². The number of aliphatic carboxylic acids is 1. The fraction of sp³-hybridized carbons (Fsp3) is 0.344. The van der Waals surface area contributed by atoms with Crippen LogP contribution in [0.25, 0.3) is 0 Å². The standard InChI is InChI=1S/C32H35NO6/c1-20(2)19-26(34)33-29(22-11-15-24(38-4)16-12-22)27(30(35)23-13-17-25(39-5)18-14-23)28(32(33,3)31(36)37)21-9-7-6-8-10-21/h6-18,20,27-29H,19H2,1-5H3,(H,36,37). The van der Waals surface area contributed by atoms with E-state index in [4.69, 9.17) is 9.47 Å². The number of rotatable bonds is 9. The zero-order valence-corrected chi connectivity index (χ0v) is 23.0. The minimum atomic E-state index is -1.69. The minimum Gasteiger partial charge on any atom is -0.497 e. The van der Waals surface area contributed by atoms with E-state index in [1.807, 2.05) is 56.3 Å². The van der Waals surface area contributed by atoms with Gasteiger partial charge in [-0.25, -0.2) is 4.79 Å². The molecule has 39 heavy (non-hydrogen) atoms. The monoisotopic (exact) mass is 529 g/mol. The Bertz CT molecular complexity index is 1320. The van der Waals surface area contributed by atoms with Gasteiger partial charge in [-0.1, -0.05) is 56.3 Å². The van der Waals surface area contributed by atoms with Crippen LogP contribution in [-0.2, 0) is 9.59 Å². The number of nitrogens with zero attached hydrogens (tertiary/aromatic N) is 1. The number of likely N-dealkylation sites (tertiary alicyclic amines) is 1. The van der Waals surface area contributed by atoms with E-state index in [9.17, 15) is 19.5 Å². The Morgan fingerprint density at radius 1 is 0.846 bits per heavy atom. The van der Waals surface area contributed by atoms with Gasteiger partial charge in [-0.3, -0.25) is 9.59 Å². The van der Waals surface area contributed by atoms with Crippen molar-refractivity contribution in [3.8, 4) is 11.5 Å². The summed E-state index contributed by atoms with van der Waals surface area (Å²) < 4.78 is 10.6. The molecule has 7 heteroatoms. The lowest BCUT2D eigenvalue weighted by Gasteiger charge is -2.38. The molecule has 3 aromatic carbocycles. The molecule has 4 rings (SSSR count). The molecule has 1 N–H and O–H groups in total. The molecule has 0 radical (unpaired) electrons. The number of carbonyl (C=O) groups excluding carboxylic acids is 2. The summed E-state index contributed by atoms with van der Waals surface area (Å²) in [6.07, 6.45) is 0.153. The molecule has 0 aromatic heterocycles. The Kier molecular flexibility index (Phi) is 8.09. The Hall–Kier alpha value is -4.13. The summed E-state index contributed by atoms with van der Waals surface area (Å²) in [6, 6.07) is 22.3. The van der Waals surface area contributed by atoms with Gasteiger partial charge < -0.3 is 19.5 Å². The van der Waals surface area contributed by atoms with Crippen molar-refractivity contribution in [1.29, 1.82) is 0 Å². The molecule has 0 aliphatic carbocycles. The van der Waals surface area contributed by atoms with Gasteiger partial charge >= 0.3 is 5.97 Å². The van der Waals surface area contributed by atoms with E-state index in [-0.39, 0.29) is 24.0 Å². The molecule has 1 aliphatic heterocycles. The van der Waals surface area contributed by atoms with Gasteiger partial charge in [-0.05, 0) is 60.4 Å². The van der Waals surface area contributed by atoms with Crippen molar-refractivity contribution in [1.82, 2.24) is 4.90 Å². The summed E-state index contributed by atoms with van der Waals surface area (Å²) in [5.74, 6) is -2.15. The normalized spacial score (nSPS) is 22.5. The third-order valence-electron chi connectivity index (χ3n) is 7.66. The lowest BCUT2D eigenvalue weighted by molar-refractivity contribution is -0.158. The predicted octanol–water partition coefficient (Wildman–Crippen LogP) is 5.76. The molecule has 0 saturated carbocycles. The summed E-state index contributed by atoms with van der Waals surface area (Å²) >= 11 is 0. The molecule has 1 aliphatic rings. The van der Waals surface area contributed by atoms with Gasteiger partial charge in [0.1, 0.15) is 17.0 Å². The third-order valence-corrected chi connectivity index (χ3v) is 7.66. The SMILES string of the molecule is COc1ccc(C(=O)C2C(c3ccc(OC)cc3)N(C(=O)CC(C)C)C(C)(C(=O)O)C2c2ccccc2)cc1. The highest BCUT2D eigenvalue weighted by Crippen LogP contribution is 2.57. The van der Waals surface area contributed by atoms with Crippen LogP contribution in [0.2, 0.25) is 0 Å². The number of ketones is 1. The van der Waals surface area contributed by atoms with E-state index in [0.29, 0.717) is 28.2 Å². The summed E-state index contributed by atoms with van der Waals surface area (Å²) in [4.78, 5) is 43.1. The molecule has 3 aromatic rings. The summed E-state index contributed by atoms with van der Waals surface area (Å²) in [5, 5.41) is 10.8. The molecule has 0 spiro atoms. The van der Waals surface area contributed by atoms with Crippen LogP contribution in [0.4, 0.5) is 0 Å². The van der Waals surface area contributed by atoms with Crippen LogP contribution >= 0.6 is 0 Å². The Morgan fingerprint density at radius 2 is 1.38 bits per heavy atom. The molecular formula is C32H35NO6. The molecule has 1 fully saturated rings. The van der Waals surface area contributed by atoms with Crippen molar-refractivity contribution in [2.24, 2.45) is 11.8 Å². The van der Waals surface area contributed by atoms with Gasteiger partial charge in [0.25, 0.3) is 0 Å². The maximum absolute atomic E-state index is 14.4. The zero-order valence-electron chi connectivity index (χ0n) is 23.0. The maximum Gasteiger partial charge on any atom is 0.330 e. The van der Waals surface area contributed by atoms with Crippen LogP contribution in [0.15, 0.2) is 78.9 Å². The lowest BCUT2D eigenvalue weighted by Crippen LogP contribution is -2.54. The molecular weight excluding hydrogens is 494 g/mol. The fourth-order valence-electron chi connectivity index (χ4n) is 5.82. The number of hydrogen-bond donors (Lipinski definition) is 1. The maximum atomic E-state index is 14.4.